The van der Waals surface area contributed by atoms with Gasteiger partial charge in [0.25, 0.3) is 0 Å². The molecule has 0 aromatic heterocycles. The lowest BCUT2D eigenvalue weighted by atomic mass is 9.64. The molecule has 166 valence electrons. The van der Waals surface area contributed by atoms with Crippen molar-refractivity contribution in [1.29, 1.82) is 0 Å². The number of hydrogen-bond acceptors (Lipinski definition) is 5. The Kier molecular flexibility index (Phi) is 8.78. The van der Waals surface area contributed by atoms with Gasteiger partial charge in [0, 0.05) is 46.2 Å². The van der Waals surface area contributed by atoms with Gasteiger partial charge in [-0.3, -0.25) is 4.90 Å². The minimum atomic E-state index is -0.321. The van der Waals surface area contributed by atoms with E-state index in [4.69, 9.17) is 18.9 Å². The highest BCUT2D eigenvalue weighted by Crippen LogP contribution is 2.48. The van der Waals surface area contributed by atoms with Crippen LogP contribution in [-0.2, 0) is 18.9 Å². The molecule has 28 heavy (non-hydrogen) atoms. The number of rotatable bonds is 10. The fourth-order valence-corrected chi connectivity index (χ4v) is 4.60. The summed E-state index contributed by atoms with van der Waals surface area (Å²) in [5, 5.41) is 0. The van der Waals surface area contributed by atoms with Gasteiger partial charge in [0.1, 0.15) is 0 Å². The van der Waals surface area contributed by atoms with E-state index in [1.54, 1.807) is 14.2 Å². The Morgan fingerprint density at radius 3 is 2.18 bits per heavy atom. The molecule has 1 unspecified atom stereocenters. The lowest BCUT2D eigenvalue weighted by Gasteiger charge is -2.44. The largest absolute Gasteiger partial charge is 0.355 e. The van der Waals surface area contributed by atoms with Crippen LogP contribution in [-0.4, -0.2) is 63.0 Å². The summed E-state index contributed by atoms with van der Waals surface area (Å²) < 4.78 is 23.5. The molecular weight excluding hydrogens is 354 g/mol. The van der Waals surface area contributed by atoms with Crippen LogP contribution in [0.15, 0.2) is 0 Å². The Bertz CT molecular complexity index is 454. The molecule has 0 N–H and O–H groups in total. The maximum Gasteiger partial charge on any atom is 0.169 e. The highest BCUT2D eigenvalue weighted by molar-refractivity contribution is 4.91. The second-order valence-electron chi connectivity index (χ2n) is 9.99. The van der Waals surface area contributed by atoms with Crippen molar-refractivity contribution >= 4 is 0 Å². The van der Waals surface area contributed by atoms with Crippen LogP contribution in [0.4, 0.5) is 0 Å². The van der Waals surface area contributed by atoms with Crippen molar-refractivity contribution in [3.05, 3.63) is 0 Å². The molecule has 1 heterocycles. The van der Waals surface area contributed by atoms with Gasteiger partial charge >= 0.3 is 0 Å². The van der Waals surface area contributed by atoms with Crippen molar-refractivity contribution in [2.45, 2.75) is 97.9 Å². The molecule has 1 aliphatic heterocycles. The summed E-state index contributed by atoms with van der Waals surface area (Å²) in [7, 11) is 3.39. The van der Waals surface area contributed by atoms with Gasteiger partial charge < -0.3 is 18.9 Å². The van der Waals surface area contributed by atoms with Gasteiger partial charge in [0.2, 0.25) is 0 Å². The van der Waals surface area contributed by atoms with E-state index < -0.39 is 0 Å². The highest BCUT2D eigenvalue weighted by Gasteiger charge is 2.47. The van der Waals surface area contributed by atoms with Crippen molar-refractivity contribution in [2.75, 3.05) is 33.9 Å². The molecule has 1 saturated heterocycles. The van der Waals surface area contributed by atoms with E-state index in [9.17, 15) is 0 Å². The monoisotopic (exact) mass is 399 g/mol. The third-order valence-corrected chi connectivity index (χ3v) is 7.58. The summed E-state index contributed by atoms with van der Waals surface area (Å²) in [6.07, 6.45) is 5.48. The van der Waals surface area contributed by atoms with Crippen LogP contribution >= 0.6 is 0 Å². The van der Waals surface area contributed by atoms with E-state index in [0.717, 1.165) is 44.9 Å². The summed E-state index contributed by atoms with van der Waals surface area (Å²) in [5.41, 5.74) is 0.386. The molecule has 5 nitrogen and oxygen atoms in total. The summed E-state index contributed by atoms with van der Waals surface area (Å²) in [6, 6.07) is 0.442. The summed E-state index contributed by atoms with van der Waals surface area (Å²) in [4.78, 5) is 2.40. The number of methoxy groups -OCH3 is 2. The van der Waals surface area contributed by atoms with E-state index in [0.29, 0.717) is 17.4 Å². The fourth-order valence-electron chi connectivity index (χ4n) is 4.60. The zero-order chi connectivity index (χ0) is 20.9. The maximum atomic E-state index is 6.49. The average Bonchev–Trinajstić information content (AvgIpc) is 3.04. The zero-order valence-electron chi connectivity index (χ0n) is 19.6. The van der Waals surface area contributed by atoms with Crippen molar-refractivity contribution in [3.8, 4) is 0 Å². The Morgan fingerprint density at radius 2 is 1.68 bits per heavy atom. The molecule has 0 amide bonds. The Hall–Kier alpha value is -0.200. The molecule has 0 bridgehead atoms. The zero-order valence-corrected chi connectivity index (χ0v) is 19.6. The lowest BCUT2D eigenvalue weighted by molar-refractivity contribution is -0.199. The van der Waals surface area contributed by atoms with E-state index in [1.165, 1.54) is 12.8 Å². The second kappa shape index (κ2) is 10.2. The minimum Gasteiger partial charge on any atom is -0.355 e. The first-order valence-electron chi connectivity index (χ1n) is 11.2. The fraction of sp³-hybridized carbons (Fsp3) is 1.00. The molecule has 2 rings (SSSR count). The molecule has 0 aromatic carbocycles. The molecule has 2 aliphatic rings. The topological polar surface area (TPSA) is 40.2 Å². The van der Waals surface area contributed by atoms with Crippen LogP contribution in [0.5, 0.6) is 0 Å². The Morgan fingerprint density at radius 1 is 1.07 bits per heavy atom. The van der Waals surface area contributed by atoms with Crippen LogP contribution in [0, 0.1) is 17.3 Å². The minimum absolute atomic E-state index is 0.186. The highest BCUT2D eigenvalue weighted by atomic mass is 16.7. The molecule has 0 radical (unpaired) electrons. The molecule has 5 heteroatoms. The first-order valence-corrected chi connectivity index (χ1v) is 11.2. The van der Waals surface area contributed by atoms with Gasteiger partial charge in [0.15, 0.2) is 12.1 Å². The van der Waals surface area contributed by atoms with Crippen molar-refractivity contribution in [1.82, 2.24) is 4.90 Å². The van der Waals surface area contributed by atoms with Crippen LogP contribution in [0.1, 0.15) is 73.6 Å². The first kappa shape index (κ1) is 24.1. The first-order chi connectivity index (χ1) is 13.1. The third kappa shape index (κ3) is 5.91. The third-order valence-electron chi connectivity index (χ3n) is 7.58. The Labute approximate surface area is 173 Å². The van der Waals surface area contributed by atoms with Gasteiger partial charge in [-0.25, -0.2) is 0 Å². The van der Waals surface area contributed by atoms with Gasteiger partial charge in [0.05, 0.1) is 12.7 Å². The van der Waals surface area contributed by atoms with Gasteiger partial charge in [-0.2, -0.15) is 0 Å². The van der Waals surface area contributed by atoms with Crippen LogP contribution in [0.3, 0.4) is 0 Å². The average molecular weight is 400 g/mol. The van der Waals surface area contributed by atoms with Crippen LogP contribution in [0.25, 0.3) is 0 Å². The molecule has 1 aliphatic carbocycles. The lowest BCUT2D eigenvalue weighted by Crippen LogP contribution is -2.42. The maximum absolute atomic E-state index is 6.49. The number of ether oxygens (including phenoxy) is 4. The predicted molar refractivity (Wildman–Crippen MR) is 113 cm³/mol. The number of nitrogens with zero attached hydrogens (tertiary/aromatic N) is 1. The van der Waals surface area contributed by atoms with E-state index in [1.807, 2.05) is 0 Å². The molecule has 1 saturated carbocycles. The van der Waals surface area contributed by atoms with Crippen LogP contribution in [0.2, 0.25) is 0 Å². The molecular formula is C23H45NO4. The van der Waals surface area contributed by atoms with Crippen molar-refractivity contribution in [3.63, 3.8) is 0 Å². The standard InChI is InChI=1S/C23H45NO4/c1-17(2)22(5,6)19-9-12-23(13-10-19)27-16-20(28-23)11-14-24(18(3)4)15-21(25-7)26-8/h17-21H,9-16H2,1-8H3. The predicted octanol–water partition coefficient (Wildman–Crippen LogP) is 4.69. The molecule has 1 spiro atoms. The van der Waals surface area contributed by atoms with Gasteiger partial charge in [-0.1, -0.05) is 27.7 Å². The SMILES string of the molecule is COC(CN(CCC1COC2(CCC(C(C)(C)C(C)C)CC2)O1)C(C)C)OC. The molecule has 0 aromatic rings. The summed E-state index contributed by atoms with van der Waals surface area (Å²) >= 11 is 0. The molecule has 2 fully saturated rings. The van der Waals surface area contributed by atoms with Gasteiger partial charge in [-0.05, 0) is 50.4 Å². The van der Waals surface area contributed by atoms with E-state index in [-0.39, 0.29) is 18.2 Å². The second-order valence-corrected chi connectivity index (χ2v) is 9.99. The van der Waals surface area contributed by atoms with Crippen molar-refractivity contribution < 1.29 is 18.9 Å². The summed E-state index contributed by atoms with van der Waals surface area (Å²) in [6.45, 7) is 16.4. The Balaban J connectivity index is 1.82. The summed E-state index contributed by atoms with van der Waals surface area (Å²) in [5.74, 6) is 1.15. The van der Waals surface area contributed by atoms with Crippen molar-refractivity contribution in [2.24, 2.45) is 17.3 Å². The number of hydrogen-bond donors (Lipinski definition) is 0. The quantitative estimate of drug-likeness (QED) is 0.498. The molecule has 1 atom stereocenters. The van der Waals surface area contributed by atoms with E-state index in [2.05, 4.69) is 46.4 Å². The van der Waals surface area contributed by atoms with Crippen LogP contribution < -0.4 is 0 Å². The van der Waals surface area contributed by atoms with Gasteiger partial charge in [-0.15, -0.1) is 0 Å². The normalized spacial score (nSPS) is 29.1. The van der Waals surface area contributed by atoms with E-state index >= 15 is 0 Å². The smallest absolute Gasteiger partial charge is 0.169 e.